The maximum absolute atomic E-state index is 12.7. The number of methoxy groups -OCH3 is 1. The monoisotopic (exact) mass is 431 g/mol. The van der Waals surface area contributed by atoms with Gasteiger partial charge < -0.3 is 9.64 Å². The molecule has 3 rings (SSSR count). The first-order valence-electron chi connectivity index (χ1n) is 10.5. The van der Waals surface area contributed by atoms with Gasteiger partial charge in [-0.25, -0.2) is 13.1 Å². The van der Waals surface area contributed by atoms with Gasteiger partial charge in [0.15, 0.2) is 0 Å². The first-order valence-corrected chi connectivity index (χ1v) is 12.1. The third-order valence-electron chi connectivity index (χ3n) is 5.69. The molecule has 0 amide bonds. The summed E-state index contributed by atoms with van der Waals surface area (Å²) < 4.78 is 33.3. The summed E-state index contributed by atoms with van der Waals surface area (Å²) in [5.41, 5.74) is 3.27. The van der Waals surface area contributed by atoms with E-state index in [4.69, 9.17) is 4.74 Å². The van der Waals surface area contributed by atoms with Crippen molar-refractivity contribution in [3.8, 4) is 5.75 Å². The number of nitrogens with one attached hydrogen (secondary N) is 1. The van der Waals surface area contributed by atoms with Crippen LogP contribution < -0.4 is 14.4 Å². The van der Waals surface area contributed by atoms with Gasteiger partial charge in [0.25, 0.3) is 0 Å². The molecule has 0 spiro atoms. The van der Waals surface area contributed by atoms with E-state index in [-0.39, 0.29) is 11.8 Å². The highest BCUT2D eigenvalue weighted by molar-refractivity contribution is 7.89. The molecule has 30 heavy (non-hydrogen) atoms. The molecule has 0 unspecified atom stereocenters. The largest absolute Gasteiger partial charge is 0.497 e. The van der Waals surface area contributed by atoms with E-state index in [1.165, 1.54) is 0 Å². The highest BCUT2D eigenvalue weighted by Crippen LogP contribution is 2.26. The quantitative estimate of drug-likeness (QED) is 0.627. The van der Waals surface area contributed by atoms with Gasteiger partial charge in [0.2, 0.25) is 10.0 Å². The minimum absolute atomic E-state index is 0.0551. The molecule has 2 aromatic rings. The lowest BCUT2D eigenvalue weighted by Gasteiger charge is -2.28. The van der Waals surface area contributed by atoms with Crippen molar-refractivity contribution in [1.29, 1.82) is 0 Å². The van der Waals surface area contributed by atoms with Gasteiger partial charge in [-0.2, -0.15) is 0 Å². The van der Waals surface area contributed by atoms with Gasteiger partial charge in [-0.1, -0.05) is 24.3 Å². The van der Waals surface area contributed by atoms with Crippen LogP contribution in [-0.4, -0.2) is 59.9 Å². The van der Waals surface area contributed by atoms with Crippen LogP contribution in [0.2, 0.25) is 0 Å². The van der Waals surface area contributed by atoms with E-state index in [2.05, 4.69) is 38.8 Å². The standard InChI is InChI=1S/C23H33N3O3S/c1-25(2)21-10-8-20(9-11-21)23(26-15-4-5-16-26)18-24-30(27,28)17-14-19-6-12-22(29-3)13-7-19/h6-13,23-24H,4-5,14-18H2,1-3H3/t23-/m0/s1. The molecule has 1 fully saturated rings. The Kier molecular flexibility index (Phi) is 7.75. The lowest BCUT2D eigenvalue weighted by Crippen LogP contribution is -2.38. The molecule has 0 bridgehead atoms. The van der Waals surface area contributed by atoms with Crippen LogP contribution in [0.25, 0.3) is 0 Å². The SMILES string of the molecule is COc1ccc(CCS(=O)(=O)NC[C@@H](c2ccc(N(C)C)cc2)N2CCCC2)cc1. The second-order valence-corrected chi connectivity index (χ2v) is 9.94. The second-order valence-electron chi connectivity index (χ2n) is 8.01. The summed E-state index contributed by atoms with van der Waals surface area (Å²) in [6.07, 6.45) is 2.80. The highest BCUT2D eigenvalue weighted by Gasteiger charge is 2.25. The predicted octanol–water partition coefficient (Wildman–Crippen LogP) is 3.06. The van der Waals surface area contributed by atoms with Crippen molar-refractivity contribution >= 4 is 15.7 Å². The van der Waals surface area contributed by atoms with Crippen molar-refractivity contribution in [2.45, 2.75) is 25.3 Å². The molecule has 1 N–H and O–H groups in total. The molecule has 0 saturated carbocycles. The number of rotatable bonds is 10. The van der Waals surface area contributed by atoms with Crippen LogP contribution in [0.1, 0.15) is 30.0 Å². The van der Waals surface area contributed by atoms with Crippen molar-refractivity contribution in [2.75, 3.05) is 51.5 Å². The zero-order valence-corrected chi connectivity index (χ0v) is 19.0. The van der Waals surface area contributed by atoms with E-state index >= 15 is 0 Å². The minimum Gasteiger partial charge on any atom is -0.497 e. The molecule has 1 aliphatic rings. The Morgan fingerprint density at radius 2 is 1.67 bits per heavy atom. The molecule has 1 atom stereocenters. The molecule has 0 aromatic heterocycles. The lowest BCUT2D eigenvalue weighted by molar-refractivity contribution is 0.246. The summed E-state index contributed by atoms with van der Waals surface area (Å²) in [6, 6.07) is 16.0. The summed E-state index contributed by atoms with van der Waals surface area (Å²) in [4.78, 5) is 4.45. The number of ether oxygens (including phenoxy) is 1. The molecule has 0 aliphatic carbocycles. The van der Waals surface area contributed by atoms with Crippen molar-refractivity contribution in [3.05, 3.63) is 59.7 Å². The van der Waals surface area contributed by atoms with E-state index < -0.39 is 10.0 Å². The Bertz CT molecular complexity index is 890. The van der Waals surface area contributed by atoms with Gasteiger partial charge in [0.05, 0.1) is 12.9 Å². The molecule has 1 heterocycles. The number of sulfonamides is 1. The first kappa shape index (κ1) is 22.6. The summed E-state index contributed by atoms with van der Waals surface area (Å²) in [6.45, 7) is 2.41. The van der Waals surface area contributed by atoms with Gasteiger partial charge in [-0.3, -0.25) is 4.90 Å². The normalized spacial score (nSPS) is 15.8. The van der Waals surface area contributed by atoms with Crippen molar-refractivity contribution in [3.63, 3.8) is 0 Å². The van der Waals surface area contributed by atoms with Crippen LogP contribution in [-0.2, 0) is 16.4 Å². The number of anilines is 1. The summed E-state index contributed by atoms with van der Waals surface area (Å²) in [5.74, 6) is 0.847. The van der Waals surface area contributed by atoms with Crippen molar-refractivity contribution in [1.82, 2.24) is 9.62 Å². The molecule has 7 heteroatoms. The highest BCUT2D eigenvalue weighted by atomic mass is 32.2. The summed E-state index contributed by atoms with van der Waals surface area (Å²) >= 11 is 0. The van der Waals surface area contributed by atoms with E-state index in [0.29, 0.717) is 13.0 Å². The topological polar surface area (TPSA) is 61.9 Å². The number of hydrogen-bond donors (Lipinski definition) is 1. The summed E-state index contributed by atoms with van der Waals surface area (Å²) in [7, 11) is 2.29. The van der Waals surface area contributed by atoms with Crippen LogP contribution >= 0.6 is 0 Å². The lowest BCUT2D eigenvalue weighted by atomic mass is 10.1. The third kappa shape index (κ3) is 6.20. The minimum atomic E-state index is -3.37. The Labute approximate surface area is 180 Å². The molecule has 1 saturated heterocycles. The van der Waals surface area contributed by atoms with Crippen LogP contribution in [0.15, 0.2) is 48.5 Å². The fourth-order valence-electron chi connectivity index (χ4n) is 3.83. The van der Waals surface area contributed by atoms with Gasteiger partial charge in [-0.15, -0.1) is 0 Å². The molecule has 1 aliphatic heterocycles. The fraction of sp³-hybridized carbons (Fsp3) is 0.478. The Morgan fingerprint density at radius 1 is 1.03 bits per heavy atom. The molecule has 2 aromatic carbocycles. The van der Waals surface area contributed by atoms with Gasteiger partial charge in [0.1, 0.15) is 5.75 Å². The number of hydrogen-bond acceptors (Lipinski definition) is 5. The van der Waals surface area contributed by atoms with E-state index in [0.717, 1.165) is 48.5 Å². The van der Waals surface area contributed by atoms with Crippen LogP contribution in [0, 0.1) is 0 Å². The van der Waals surface area contributed by atoms with Gasteiger partial charge in [-0.05, 0) is 67.7 Å². The molecular formula is C23H33N3O3S. The zero-order chi connectivity index (χ0) is 21.6. The maximum Gasteiger partial charge on any atom is 0.211 e. The maximum atomic E-state index is 12.7. The van der Waals surface area contributed by atoms with Crippen LogP contribution in [0.3, 0.4) is 0 Å². The number of nitrogens with zero attached hydrogens (tertiary/aromatic N) is 2. The van der Waals surface area contributed by atoms with Crippen LogP contribution in [0.5, 0.6) is 5.75 Å². The molecule has 0 radical (unpaired) electrons. The number of likely N-dealkylation sites (tertiary alicyclic amines) is 1. The molecular weight excluding hydrogens is 398 g/mol. The van der Waals surface area contributed by atoms with E-state index in [1.807, 2.05) is 38.4 Å². The summed E-state index contributed by atoms with van der Waals surface area (Å²) in [5, 5.41) is 0. The zero-order valence-electron chi connectivity index (χ0n) is 18.2. The third-order valence-corrected chi connectivity index (χ3v) is 7.04. The average molecular weight is 432 g/mol. The van der Waals surface area contributed by atoms with Gasteiger partial charge in [0, 0.05) is 32.4 Å². The molecule has 164 valence electrons. The fourth-order valence-corrected chi connectivity index (χ4v) is 4.89. The van der Waals surface area contributed by atoms with E-state index in [1.54, 1.807) is 7.11 Å². The smallest absolute Gasteiger partial charge is 0.211 e. The first-order chi connectivity index (χ1) is 14.4. The Hall–Kier alpha value is -2.09. The van der Waals surface area contributed by atoms with Crippen molar-refractivity contribution < 1.29 is 13.2 Å². The number of aryl methyl sites for hydroxylation is 1. The molecule has 6 nitrogen and oxygen atoms in total. The average Bonchev–Trinajstić information content (AvgIpc) is 3.28. The predicted molar refractivity (Wildman–Crippen MR) is 123 cm³/mol. The van der Waals surface area contributed by atoms with Crippen molar-refractivity contribution in [2.24, 2.45) is 0 Å². The van der Waals surface area contributed by atoms with Gasteiger partial charge >= 0.3 is 0 Å². The Morgan fingerprint density at radius 3 is 2.23 bits per heavy atom. The number of benzene rings is 2. The van der Waals surface area contributed by atoms with Crippen LogP contribution in [0.4, 0.5) is 5.69 Å². The Balaban J connectivity index is 1.63. The van der Waals surface area contributed by atoms with E-state index in [9.17, 15) is 8.42 Å². The second kappa shape index (κ2) is 10.3.